The highest BCUT2D eigenvalue weighted by molar-refractivity contribution is 4.80. The van der Waals surface area contributed by atoms with E-state index in [1.165, 1.54) is 19.3 Å². The quantitative estimate of drug-likeness (QED) is 0.686. The third-order valence-electron chi connectivity index (χ3n) is 5.11. The molecule has 2 heteroatoms. The molecule has 1 nitrogen and oxygen atoms in total. The van der Waals surface area contributed by atoms with E-state index in [0.29, 0.717) is 5.92 Å². The third-order valence-corrected chi connectivity index (χ3v) is 5.11. The first-order valence-corrected chi connectivity index (χ1v) is 7.97. The summed E-state index contributed by atoms with van der Waals surface area (Å²) < 4.78 is 13.6. The van der Waals surface area contributed by atoms with Crippen molar-refractivity contribution in [2.24, 2.45) is 17.8 Å². The first-order chi connectivity index (χ1) is 8.65. The molecule has 0 heterocycles. The molecular weight excluding hydrogens is 227 g/mol. The molecule has 0 saturated heterocycles. The Morgan fingerprint density at radius 3 is 2.17 bits per heavy atom. The van der Waals surface area contributed by atoms with Crippen molar-refractivity contribution in [2.75, 3.05) is 0 Å². The van der Waals surface area contributed by atoms with Crippen LogP contribution in [0, 0.1) is 17.8 Å². The second-order valence-electron chi connectivity index (χ2n) is 6.79. The molecule has 2 aliphatic rings. The van der Waals surface area contributed by atoms with Crippen LogP contribution in [0.3, 0.4) is 0 Å². The van der Waals surface area contributed by atoms with Crippen LogP contribution < -0.4 is 0 Å². The van der Waals surface area contributed by atoms with Gasteiger partial charge in [-0.2, -0.15) is 0 Å². The zero-order valence-electron chi connectivity index (χ0n) is 11.8. The molecule has 2 rings (SSSR count). The van der Waals surface area contributed by atoms with E-state index in [1.807, 2.05) is 0 Å². The van der Waals surface area contributed by atoms with E-state index in [9.17, 15) is 9.50 Å². The highest BCUT2D eigenvalue weighted by Crippen LogP contribution is 2.38. The van der Waals surface area contributed by atoms with Crippen LogP contribution in [0.15, 0.2) is 0 Å². The third kappa shape index (κ3) is 4.22. The van der Waals surface area contributed by atoms with Crippen LogP contribution in [0.4, 0.5) is 4.39 Å². The van der Waals surface area contributed by atoms with Crippen LogP contribution in [0.25, 0.3) is 0 Å². The van der Waals surface area contributed by atoms with E-state index in [1.54, 1.807) is 0 Å². The lowest BCUT2D eigenvalue weighted by molar-refractivity contribution is 0.121. The number of alkyl halides is 1. The van der Waals surface area contributed by atoms with E-state index in [0.717, 1.165) is 56.8 Å². The van der Waals surface area contributed by atoms with Gasteiger partial charge in [0.25, 0.3) is 0 Å². The van der Waals surface area contributed by atoms with Crippen molar-refractivity contribution in [3.8, 4) is 0 Å². The zero-order chi connectivity index (χ0) is 13.0. The molecule has 0 amide bonds. The van der Waals surface area contributed by atoms with E-state index < -0.39 is 6.17 Å². The first kappa shape index (κ1) is 14.3. The molecule has 0 radical (unpaired) electrons. The molecule has 0 spiro atoms. The average molecular weight is 256 g/mol. The molecule has 18 heavy (non-hydrogen) atoms. The van der Waals surface area contributed by atoms with E-state index in [2.05, 4.69) is 6.92 Å². The zero-order valence-corrected chi connectivity index (χ0v) is 11.8. The summed E-state index contributed by atoms with van der Waals surface area (Å²) in [5.74, 6) is 2.10. The summed E-state index contributed by atoms with van der Waals surface area (Å²) in [6.45, 7) is 2.22. The number of hydrogen-bond acceptors (Lipinski definition) is 1. The Morgan fingerprint density at radius 1 is 0.833 bits per heavy atom. The maximum atomic E-state index is 13.6. The number of hydrogen-bond donors (Lipinski definition) is 1. The van der Waals surface area contributed by atoms with Gasteiger partial charge in [0.1, 0.15) is 6.17 Å². The number of halogens is 1. The van der Waals surface area contributed by atoms with Gasteiger partial charge in [-0.3, -0.25) is 0 Å². The van der Waals surface area contributed by atoms with Gasteiger partial charge in [-0.15, -0.1) is 0 Å². The Morgan fingerprint density at radius 2 is 1.50 bits per heavy atom. The van der Waals surface area contributed by atoms with Crippen LogP contribution in [0.2, 0.25) is 0 Å². The van der Waals surface area contributed by atoms with Crippen LogP contribution >= 0.6 is 0 Å². The summed E-state index contributed by atoms with van der Waals surface area (Å²) in [5.41, 5.74) is 0. The van der Waals surface area contributed by atoms with Crippen molar-refractivity contribution in [2.45, 2.75) is 83.4 Å². The monoisotopic (exact) mass is 256 g/mol. The number of aliphatic hydroxyl groups is 1. The van der Waals surface area contributed by atoms with Crippen molar-refractivity contribution in [1.82, 2.24) is 0 Å². The van der Waals surface area contributed by atoms with Gasteiger partial charge in [0.2, 0.25) is 0 Å². The summed E-state index contributed by atoms with van der Waals surface area (Å²) in [4.78, 5) is 0. The first-order valence-electron chi connectivity index (χ1n) is 7.97. The summed E-state index contributed by atoms with van der Waals surface area (Å²) in [6, 6.07) is 0. The van der Waals surface area contributed by atoms with Gasteiger partial charge in [-0.05, 0) is 56.3 Å². The molecule has 2 fully saturated rings. The lowest BCUT2D eigenvalue weighted by Gasteiger charge is -2.30. The maximum absolute atomic E-state index is 13.6. The molecule has 0 bridgehead atoms. The summed E-state index contributed by atoms with van der Waals surface area (Å²) >= 11 is 0. The van der Waals surface area contributed by atoms with E-state index >= 15 is 0 Å². The smallest absolute Gasteiger partial charge is 0.100 e. The lowest BCUT2D eigenvalue weighted by Crippen LogP contribution is -2.20. The second-order valence-corrected chi connectivity index (χ2v) is 6.79. The second kappa shape index (κ2) is 6.88. The largest absolute Gasteiger partial charge is 0.393 e. The average Bonchev–Trinajstić information content (AvgIpc) is 2.44. The molecule has 3 atom stereocenters. The minimum absolute atomic E-state index is 0.0609. The van der Waals surface area contributed by atoms with E-state index in [-0.39, 0.29) is 6.10 Å². The van der Waals surface area contributed by atoms with Crippen molar-refractivity contribution >= 4 is 0 Å². The van der Waals surface area contributed by atoms with Crippen molar-refractivity contribution in [3.05, 3.63) is 0 Å². The molecule has 2 saturated carbocycles. The van der Waals surface area contributed by atoms with Crippen molar-refractivity contribution in [1.29, 1.82) is 0 Å². The molecule has 0 aromatic rings. The molecule has 2 aliphatic carbocycles. The van der Waals surface area contributed by atoms with Gasteiger partial charge in [0.15, 0.2) is 0 Å². The maximum Gasteiger partial charge on any atom is 0.100 e. The fourth-order valence-electron chi connectivity index (χ4n) is 4.10. The van der Waals surface area contributed by atoms with Crippen LogP contribution in [-0.2, 0) is 0 Å². The molecule has 0 aromatic carbocycles. The molecule has 0 aliphatic heterocycles. The fourth-order valence-corrected chi connectivity index (χ4v) is 4.10. The molecule has 3 unspecified atom stereocenters. The minimum atomic E-state index is -0.555. The normalized spacial score (nSPS) is 43.8. The van der Waals surface area contributed by atoms with Crippen LogP contribution in [0.5, 0.6) is 0 Å². The topological polar surface area (TPSA) is 20.2 Å². The molecular formula is C16H29FO. The van der Waals surface area contributed by atoms with Crippen molar-refractivity contribution in [3.63, 3.8) is 0 Å². The summed E-state index contributed by atoms with van der Waals surface area (Å²) in [7, 11) is 0. The van der Waals surface area contributed by atoms with Crippen LogP contribution in [0.1, 0.15) is 71.1 Å². The summed E-state index contributed by atoms with van der Waals surface area (Å²) in [5, 5.41) is 9.68. The standard InChI is InChI=1S/C16H29FO/c1-12-10-14(8-9-15(17)11-12)13-4-2-6-16(18)7-3-5-13/h12-16,18H,2-11H2,1H3. The van der Waals surface area contributed by atoms with Gasteiger partial charge in [0, 0.05) is 0 Å². The van der Waals surface area contributed by atoms with Gasteiger partial charge in [-0.1, -0.05) is 32.6 Å². The van der Waals surface area contributed by atoms with E-state index in [4.69, 9.17) is 0 Å². The number of aliphatic hydroxyl groups excluding tert-OH is 1. The van der Waals surface area contributed by atoms with Gasteiger partial charge >= 0.3 is 0 Å². The molecule has 1 N–H and O–H groups in total. The Bertz CT molecular complexity index is 233. The van der Waals surface area contributed by atoms with Crippen molar-refractivity contribution < 1.29 is 9.50 Å². The Labute approximate surface area is 111 Å². The Balaban J connectivity index is 1.88. The highest BCUT2D eigenvalue weighted by atomic mass is 19.1. The predicted molar refractivity (Wildman–Crippen MR) is 73.2 cm³/mol. The highest BCUT2D eigenvalue weighted by Gasteiger charge is 2.29. The summed E-state index contributed by atoms with van der Waals surface area (Å²) in [6.07, 6.45) is 10.1. The SMILES string of the molecule is CC1CC(F)CCC(C2CCCC(O)CCC2)C1. The number of rotatable bonds is 1. The minimum Gasteiger partial charge on any atom is -0.393 e. The van der Waals surface area contributed by atoms with Gasteiger partial charge < -0.3 is 5.11 Å². The Hall–Kier alpha value is -0.110. The fraction of sp³-hybridized carbons (Fsp3) is 1.00. The molecule has 0 aromatic heterocycles. The Kier molecular flexibility index (Phi) is 5.47. The van der Waals surface area contributed by atoms with Gasteiger partial charge in [-0.25, -0.2) is 4.39 Å². The lowest BCUT2D eigenvalue weighted by atomic mass is 9.76. The molecule has 106 valence electrons. The van der Waals surface area contributed by atoms with Crippen LogP contribution in [-0.4, -0.2) is 17.4 Å². The van der Waals surface area contributed by atoms with Gasteiger partial charge in [0.05, 0.1) is 6.10 Å². The predicted octanol–water partition coefficient (Wildman–Crippen LogP) is 4.48.